The number of carbonyl (C=O) groups is 1. The summed E-state index contributed by atoms with van der Waals surface area (Å²) in [5.41, 5.74) is 0.576. The number of amides is 1. The summed E-state index contributed by atoms with van der Waals surface area (Å²) in [7, 11) is 0. The highest BCUT2D eigenvalue weighted by Gasteiger charge is 2.19. The lowest BCUT2D eigenvalue weighted by molar-refractivity contribution is 0.0751. The largest absolute Gasteiger partial charge is 0.469 e. The Hall–Kier alpha value is -1.76. The average molecular weight is 220 g/mol. The molecular formula is C12H16N2O2. The van der Waals surface area contributed by atoms with Crippen molar-refractivity contribution in [1.29, 1.82) is 5.26 Å². The second kappa shape index (κ2) is 5.36. The number of rotatable bonds is 4. The van der Waals surface area contributed by atoms with E-state index in [2.05, 4.69) is 6.07 Å². The van der Waals surface area contributed by atoms with Crippen LogP contribution in [0.4, 0.5) is 0 Å². The number of furan rings is 1. The van der Waals surface area contributed by atoms with Crippen molar-refractivity contribution >= 4 is 5.91 Å². The van der Waals surface area contributed by atoms with Gasteiger partial charge in [-0.3, -0.25) is 4.79 Å². The molecule has 0 bridgehead atoms. The van der Waals surface area contributed by atoms with Gasteiger partial charge in [0.05, 0.1) is 23.8 Å². The predicted molar refractivity (Wildman–Crippen MR) is 59.8 cm³/mol. The molecule has 1 amide bonds. The van der Waals surface area contributed by atoms with Crippen LogP contribution in [0.1, 0.15) is 30.0 Å². The van der Waals surface area contributed by atoms with E-state index in [9.17, 15) is 4.79 Å². The first kappa shape index (κ1) is 12.3. The quantitative estimate of drug-likeness (QED) is 0.781. The van der Waals surface area contributed by atoms with E-state index in [-0.39, 0.29) is 11.8 Å². The molecule has 0 aliphatic carbocycles. The number of hydrogen-bond acceptors (Lipinski definition) is 3. The Morgan fingerprint density at radius 1 is 1.69 bits per heavy atom. The third-order valence-corrected chi connectivity index (χ3v) is 2.47. The van der Waals surface area contributed by atoms with Crippen molar-refractivity contribution in [2.24, 2.45) is 5.92 Å². The lowest BCUT2D eigenvalue weighted by Crippen LogP contribution is -2.34. The van der Waals surface area contributed by atoms with Crippen LogP contribution in [-0.2, 0) is 0 Å². The molecule has 4 heteroatoms. The van der Waals surface area contributed by atoms with E-state index in [1.54, 1.807) is 24.8 Å². The molecule has 1 heterocycles. The lowest BCUT2D eigenvalue weighted by atomic mass is 10.1. The molecule has 0 radical (unpaired) electrons. The van der Waals surface area contributed by atoms with E-state index in [1.807, 2.05) is 6.92 Å². The smallest absolute Gasteiger partial charge is 0.257 e. The van der Waals surface area contributed by atoms with Crippen molar-refractivity contribution in [2.75, 3.05) is 13.1 Å². The van der Waals surface area contributed by atoms with Gasteiger partial charge >= 0.3 is 0 Å². The zero-order valence-corrected chi connectivity index (χ0v) is 9.86. The molecule has 86 valence electrons. The fraction of sp³-hybridized carbons (Fsp3) is 0.500. The minimum atomic E-state index is -0.156. The molecule has 4 nitrogen and oxygen atoms in total. The number of nitrogens with zero attached hydrogens (tertiary/aromatic N) is 2. The van der Waals surface area contributed by atoms with E-state index < -0.39 is 0 Å². The van der Waals surface area contributed by atoms with Gasteiger partial charge in [0, 0.05) is 13.1 Å². The molecule has 16 heavy (non-hydrogen) atoms. The van der Waals surface area contributed by atoms with E-state index in [1.165, 1.54) is 6.26 Å². The predicted octanol–water partition coefficient (Wildman–Crippen LogP) is 2.21. The van der Waals surface area contributed by atoms with Crippen molar-refractivity contribution in [1.82, 2.24) is 4.90 Å². The molecule has 0 aromatic carbocycles. The topological polar surface area (TPSA) is 57.2 Å². The second-order valence-corrected chi connectivity index (χ2v) is 3.76. The summed E-state index contributed by atoms with van der Waals surface area (Å²) < 4.78 is 5.10. The number of aryl methyl sites for hydroxylation is 1. The molecular weight excluding hydrogens is 204 g/mol. The Morgan fingerprint density at radius 3 is 2.81 bits per heavy atom. The minimum absolute atomic E-state index is 0.0733. The van der Waals surface area contributed by atoms with Crippen molar-refractivity contribution < 1.29 is 9.21 Å². The molecule has 1 aromatic heterocycles. The van der Waals surface area contributed by atoms with Crippen molar-refractivity contribution in [3.63, 3.8) is 0 Å². The molecule has 0 aliphatic heterocycles. The molecule has 0 N–H and O–H groups in total. The van der Waals surface area contributed by atoms with Crippen LogP contribution in [0.15, 0.2) is 16.7 Å². The summed E-state index contributed by atoms with van der Waals surface area (Å²) in [5.74, 6) is 0.389. The van der Waals surface area contributed by atoms with Crippen LogP contribution in [0.2, 0.25) is 0 Å². The van der Waals surface area contributed by atoms with Gasteiger partial charge in [-0.05, 0) is 26.8 Å². The zero-order valence-electron chi connectivity index (χ0n) is 9.86. The van der Waals surface area contributed by atoms with Gasteiger partial charge in [0.15, 0.2) is 0 Å². The maximum atomic E-state index is 12.1. The first-order valence-electron chi connectivity index (χ1n) is 5.33. The third kappa shape index (κ3) is 2.63. The highest BCUT2D eigenvalue weighted by Crippen LogP contribution is 2.13. The number of nitriles is 1. The molecule has 0 saturated carbocycles. The van der Waals surface area contributed by atoms with E-state index >= 15 is 0 Å². The van der Waals surface area contributed by atoms with Crippen molar-refractivity contribution in [2.45, 2.75) is 20.8 Å². The maximum absolute atomic E-state index is 12.1. The molecule has 1 unspecified atom stereocenters. The van der Waals surface area contributed by atoms with Crippen LogP contribution in [-0.4, -0.2) is 23.9 Å². The summed E-state index contributed by atoms with van der Waals surface area (Å²) in [6.07, 6.45) is 1.50. The van der Waals surface area contributed by atoms with E-state index in [0.29, 0.717) is 24.4 Å². The highest BCUT2D eigenvalue weighted by atomic mass is 16.3. The van der Waals surface area contributed by atoms with Gasteiger partial charge in [0.1, 0.15) is 5.76 Å². The standard InChI is InChI=1S/C12H16N2O2/c1-4-14(8-9(2)7-13)12(15)11-5-6-16-10(11)3/h5-6,9H,4,8H2,1-3H3. The first-order valence-corrected chi connectivity index (χ1v) is 5.33. The van der Waals surface area contributed by atoms with Gasteiger partial charge in [0.2, 0.25) is 0 Å². The summed E-state index contributed by atoms with van der Waals surface area (Å²) in [5, 5.41) is 8.74. The second-order valence-electron chi connectivity index (χ2n) is 3.76. The van der Waals surface area contributed by atoms with E-state index in [4.69, 9.17) is 9.68 Å². The first-order chi connectivity index (χ1) is 7.60. The number of hydrogen-bond donors (Lipinski definition) is 0. The molecule has 0 aliphatic rings. The molecule has 1 aromatic rings. The normalized spacial score (nSPS) is 11.9. The van der Waals surface area contributed by atoms with Gasteiger partial charge in [-0.2, -0.15) is 5.26 Å². The Balaban J connectivity index is 2.79. The molecule has 0 fully saturated rings. The van der Waals surface area contributed by atoms with Crippen LogP contribution in [0, 0.1) is 24.2 Å². The molecule has 1 rings (SSSR count). The van der Waals surface area contributed by atoms with Gasteiger partial charge in [0.25, 0.3) is 5.91 Å². The van der Waals surface area contributed by atoms with Crippen LogP contribution < -0.4 is 0 Å². The van der Waals surface area contributed by atoms with Gasteiger partial charge < -0.3 is 9.32 Å². The van der Waals surface area contributed by atoms with Crippen LogP contribution in [0.25, 0.3) is 0 Å². The SMILES string of the molecule is CCN(CC(C)C#N)C(=O)c1ccoc1C. The zero-order chi connectivity index (χ0) is 12.1. The Morgan fingerprint density at radius 2 is 2.38 bits per heavy atom. The van der Waals surface area contributed by atoms with Crippen LogP contribution in [0.5, 0.6) is 0 Å². The van der Waals surface area contributed by atoms with Crippen LogP contribution in [0.3, 0.4) is 0 Å². The Kier molecular flexibility index (Phi) is 4.12. The summed E-state index contributed by atoms with van der Waals surface area (Å²) in [4.78, 5) is 13.7. The Bertz CT molecular complexity index is 403. The third-order valence-electron chi connectivity index (χ3n) is 2.47. The molecule has 0 saturated heterocycles. The monoisotopic (exact) mass is 220 g/mol. The minimum Gasteiger partial charge on any atom is -0.469 e. The lowest BCUT2D eigenvalue weighted by Gasteiger charge is -2.21. The van der Waals surface area contributed by atoms with Gasteiger partial charge in [-0.15, -0.1) is 0 Å². The number of carbonyl (C=O) groups excluding carboxylic acids is 1. The average Bonchev–Trinajstić information content (AvgIpc) is 2.71. The molecule has 0 spiro atoms. The maximum Gasteiger partial charge on any atom is 0.257 e. The van der Waals surface area contributed by atoms with Gasteiger partial charge in [-0.25, -0.2) is 0 Å². The van der Waals surface area contributed by atoms with Gasteiger partial charge in [-0.1, -0.05) is 0 Å². The fourth-order valence-corrected chi connectivity index (χ4v) is 1.50. The van der Waals surface area contributed by atoms with Crippen molar-refractivity contribution in [3.05, 3.63) is 23.7 Å². The summed E-state index contributed by atoms with van der Waals surface area (Å²) >= 11 is 0. The van der Waals surface area contributed by atoms with Crippen LogP contribution >= 0.6 is 0 Å². The summed E-state index contributed by atoms with van der Waals surface area (Å²) in [6.45, 7) is 6.51. The summed E-state index contributed by atoms with van der Waals surface area (Å²) in [6, 6.07) is 3.79. The van der Waals surface area contributed by atoms with E-state index in [0.717, 1.165) is 0 Å². The fourth-order valence-electron chi connectivity index (χ4n) is 1.50. The Labute approximate surface area is 95.5 Å². The van der Waals surface area contributed by atoms with Crippen molar-refractivity contribution in [3.8, 4) is 6.07 Å². The highest BCUT2D eigenvalue weighted by molar-refractivity contribution is 5.95. The molecule has 1 atom stereocenters.